The van der Waals surface area contributed by atoms with Gasteiger partial charge in [0.1, 0.15) is 5.78 Å². The van der Waals surface area contributed by atoms with E-state index in [2.05, 4.69) is 0 Å². The first-order valence-electron chi connectivity index (χ1n) is 5.70. The summed E-state index contributed by atoms with van der Waals surface area (Å²) in [4.78, 5) is 24.6. The van der Waals surface area contributed by atoms with Gasteiger partial charge < -0.3 is 5.73 Å². The number of nitrogens with two attached hydrogens (primary N) is 1. The van der Waals surface area contributed by atoms with E-state index in [4.69, 9.17) is 5.73 Å². The molecule has 0 spiro atoms. The van der Waals surface area contributed by atoms with E-state index >= 15 is 0 Å². The van der Waals surface area contributed by atoms with Crippen molar-refractivity contribution in [2.75, 3.05) is 13.1 Å². The molecule has 15 heavy (non-hydrogen) atoms. The van der Waals surface area contributed by atoms with Crippen LogP contribution >= 0.6 is 0 Å². The molecule has 0 saturated carbocycles. The third-order valence-electron chi connectivity index (χ3n) is 2.85. The largest absolute Gasteiger partial charge is 0.368 e. The van der Waals surface area contributed by atoms with Crippen LogP contribution in [0.3, 0.4) is 0 Å². The molecule has 0 bridgehead atoms. The standard InChI is InChI=1S/C11H20N2O2/c1-2-5-9(14)8-13-7-4-3-6-10(13)11(12)15/h10H,2-8H2,1H3,(H2,12,15). The van der Waals surface area contributed by atoms with Crippen molar-refractivity contribution < 1.29 is 9.59 Å². The Labute approximate surface area is 90.8 Å². The van der Waals surface area contributed by atoms with Crippen LogP contribution in [0.15, 0.2) is 0 Å². The SMILES string of the molecule is CCCC(=O)CN1CCCCC1C(N)=O. The van der Waals surface area contributed by atoms with Crippen LogP contribution < -0.4 is 5.73 Å². The molecular formula is C11H20N2O2. The first kappa shape index (κ1) is 12.2. The van der Waals surface area contributed by atoms with E-state index in [0.717, 1.165) is 32.2 Å². The molecule has 1 fully saturated rings. The molecule has 1 aliphatic heterocycles. The zero-order chi connectivity index (χ0) is 11.3. The van der Waals surface area contributed by atoms with Gasteiger partial charge in [0.25, 0.3) is 0 Å². The van der Waals surface area contributed by atoms with Crippen LogP contribution in [0.2, 0.25) is 0 Å². The molecule has 0 radical (unpaired) electrons. The first-order valence-corrected chi connectivity index (χ1v) is 5.70. The van der Waals surface area contributed by atoms with Gasteiger partial charge in [-0.15, -0.1) is 0 Å². The molecule has 4 nitrogen and oxygen atoms in total. The van der Waals surface area contributed by atoms with Gasteiger partial charge in [-0.2, -0.15) is 0 Å². The molecule has 1 unspecified atom stereocenters. The smallest absolute Gasteiger partial charge is 0.234 e. The Morgan fingerprint density at radius 1 is 1.40 bits per heavy atom. The number of piperidine rings is 1. The highest BCUT2D eigenvalue weighted by molar-refractivity contribution is 5.83. The molecule has 4 heteroatoms. The number of Topliss-reactive ketones (excluding diaryl/α,β-unsaturated/α-hetero) is 1. The quantitative estimate of drug-likeness (QED) is 0.729. The lowest BCUT2D eigenvalue weighted by Crippen LogP contribution is -2.49. The number of hydrogen-bond donors (Lipinski definition) is 1. The zero-order valence-electron chi connectivity index (χ0n) is 9.37. The van der Waals surface area contributed by atoms with Gasteiger partial charge in [0.05, 0.1) is 12.6 Å². The Hall–Kier alpha value is -0.900. The van der Waals surface area contributed by atoms with Crippen LogP contribution in [0.4, 0.5) is 0 Å². The summed E-state index contributed by atoms with van der Waals surface area (Å²) in [5.74, 6) is -0.0790. The fourth-order valence-corrected chi connectivity index (χ4v) is 2.09. The predicted molar refractivity (Wildman–Crippen MR) is 58.3 cm³/mol. The Bertz CT molecular complexity index is 241. The van der Waals surface area contributed by atoms with E-state index < -0.39 is 0 Å². The number of likely N-dealkylation sites (tertiary alicyclic amines) is 1. The molecule has 0 aromatic rings. The third kappa shape index (κ3) is 3.63. The van der Waals surface area contributed by atoms with Gasteiger partial charge in [0, 0.05) is 6.42 Å². The van der Waals surface area contributed by atoms with Crippen molar-refractivity contribution in [3.8, 4) is 0 Å². The van der Waals surface area contributed by atoms with Gasteiger partial charge >= 0.3 is 0 Å². The van der Waals surface area contributed by atoms with E-state index in [1.54, 1.807) is 0 Å². The minimum Gasteiger partial charge on any atom is -0.368 e. The summed E-state index contributed by atoms with van der Waals surface area (Å²) in [6.45, 7) is 3.20. The molecule has 2 N–H and O–H groups in total. The highest BCUT2D eigenvalue weighted by Gasteiger charge is 2.27. The first-order chi connectivity index (χ1) is 7.15. The Morgan fingerprint density at radius 3 is 2.73 bits per heavy atom. The van der Waals surface area contributed by atoms with Gasteiger partial charge in [0.15, 0.2) is 0 Å². The number of ketones is 1. The number of carbonyl (C=O) groups is 2. The van der Waals surface area contributed by atoms with Gasteiger partial charge in [-0.25, -0.2) is 0 Å². The van der Waals surface area contributed by atoms with Crippen LogP contribution in [-0.4, -0.2) is 35.7 Å². The van der Waals surface area contributed by atoms with Crippen LogP contribution in [0.25, 0.3) is 0 Å². The number of primary amides is 1. The second-order valence-corrected chi connectivity index (χ2v) is 4.17. The van der Waals surface area contributed by atoms with E-state index in [1.165, 1.54) is 0 Å². The average Bonchev–Trinajstić information content (AvgIpc) is 2.18. The van der Waals surface area contributed by atoms with Crippen molar-refractivity contribution in [2.24, 2.45) is 5.73 Å². The minimum atomic E-state index is -0.293. The molecule has 1 aliphatic rings. The maximum atomic E-state index is 11.5. The van der Waals surface area contributed by atoms with Crippen molar-refractivity contribution in [3.05, 3.63) is 0 Å². The lowest BCUT2D eigenvalue weighted by Gasteiger charge is -2.32. The average molecular weight is 212 g/mol. The van der Waals surface area contributed by atoms with Crippen LogP contribution in [-0.2, 0) is 9.59 Å². The molecule has 1 atom stereocenters. The second-order valence-electron chi connectivity index (χ2n) is 4.17. The Kier molecular flexibility index (Phi) is 4.75. The van der Waals surface area contributed by atoms with Crippen LogP contribution in [0, 0.1) is 0 Å². The number of nitrogens with zero attached hydrogens (tertiary/aromatic N) is 1. The van der Waals surface area contributed by atoms with Gasteiger partial charge in [0.2, 0.25) is 5.91 Å². The normalized spacial score (nSPS) is 22.6. The summed E-state index contributed by atoms with van der Waals surface area (Å²) in [5.41, 5.74) is 5.32. The minimum absolute atomic E-state index is 0.214. The maximum Gasteiger partial charge on any atom is 0.234 e. The van der Waals surface area contributed by atoms with Gasteiger partial charge in [-0.3, -0.25) is 14.5 Å². The third-order valence-corrected chi connectivity index (χ3v) is 2.85. The molecule has 1 saturated heterocycles. The lowest BCUT2D eigenvalue weighted by atomic mass is 10.0. The number of carbonyl (C=O) groups excluding carboxylic acids is 2. The Balaban J connectivity index is 2.49. The lowest BCUT2D eigenvalue weighted by molar-refractivity contribution is -0.127. The van der Waals surface area contributed by atoms with Crippen molar-refractivity contribution in [1.82, 2.24) is 4.90 Å². The maximum absolute atomic E-state index is 11.5. The molecule has 0 aliphatic carbocycles. The molecule has 0 aromatic heterocycles. The monoisotopic (exact) mass is 212 g/mol. The topological polar surface area (TPSA) is 63.4 Å². The molecule has 86 valence electrons. The van der Waals surface area contributed by atoms with Crippen molar-refractivity contribution in [2.45, 2.75) is 45.1 Å². The number of hydrogen-bond acceptors (Lipinski definition) is 3. The summed E-state index contributed by atoms with van der Waals surface area (Å²) in [5, 5.41) is 0. The number of amides is 1. The summed E-state index contributed by atoms with van der Waals surface area (Å²) in [6.07, 6.45) is 4.36. The van der Waals surface area contributed by atoms with Crippen molar-refractivity contribution >= 4 is 11.7 Å². The highest BCUT2D eigenvalue weighted by atomic mass is 16.1. The van der Waals surface area contributed by atoms with Crippen LogP contribution in [0.5, 0.6) is 0 Å². The van der Waals surface area contributed by atoms with E-state index in [9.17, 15) is 9.59 Å². The van der Waals surface area contributed by atoms with Crippen molar-refractivity contribution in [3.63, 3.8) is 0 Å². The van der Waals surface area contributed by atoms with Crippen molar-refractivity contribution in [1.29, 1.82) is 0 Å². The summed E-state index contributed by atoms with van der Waals surface area (Å²) in [7, 11) is 0. The van der Waals surface area contributed by atoms with Gasteiger partial charge in [-0.05, 0) is 25.8 Å². The molecular weight excluding hydrogens is 192 g/mol. The van der Waals surface area contributed by atoms with E-state index in [1.807, 2.05) is 11.8 Å². The Morgan fingerprint density at radius 2 is 2.13 bits per heavy atom. The van der Waals surface area contributed by atoms with E-state index in [-0.39, 0.29) is 17.7 Å². The predicted octanol–water partition coefficient (Wildman–Crippen LogP) is 0.695. The fourth-order valence-electron chi connectivity index (χ4n) is 2.09. The second kappa shape index (κ2) is 5.85. The number of rotatable bonds is 5. The van der Waals surface area contributed by atoms with Crippen LogP contribution in [0.1, 0.15) is 39.0 Å². The zero-order valence-corrected chi connectivity index (χ0v) is 9.37. The fraction of sp³-hybridized carbons (Fsp3) is 0.818. The highest BCUT2D eigenvalue weighted by Crippen LogP contribution is 2.16. The molecule has 1 amide bonds. The molecule has 0 aromatic carbocycles. The summed E-state index contributed by atoms with van der Waals surface area (Å²) < 4.78 is 0. The molecule has 1 heterocycles. The van der Waals surface area contributed by atoms with E-state index in [0.29, 0.717) is 13.0 Å². The van der Waals surface area contributed by atoms with Gasteiger partial charge in [-0.1, -0.05) is 13.3 Å². The molecule has 1 rings (SSSR count). The summed E-state index contributed by atoms with van der Waals surface area (Å²) >= 11 is 0. The summed E-state index contributed by atoms with van der Waals surface area (Å²) in [6, 6.07) is -0.223.